The van der Waals surface area contributed by atoms with Gasteiger partial charge in [0.2, 0.25) is 0 Å². The maximum Gasteiger partial charge on any atom is 0.119 e. The highest BCUT2D eigenvalue weighted by atomic mass is 35.5. The Kier molecular flexibility index (Phi) is 5.92. The normalized spacial score (nSPS) is 12.2. The quantitative estimate of drug-likeness (QED) is 0.824. The van der Waals surface area contributed by atoms with Crippen molar-refractivity contribution >= 4 is 23.2 Å². The Hall–Kier alpha value is -1.22. The van der Waals surface area contributed by atoms with Gasteiger partial charge >= 0.3 is 0 Å². The topological polar surface area (TPSA) is 35.2 Å². The minimum Gasteiger partial charge on any atom is -0.489 e. The third kappa shape index (κ3) is 4.63. The molecule has 2 aromatic rings. The van der Waals surface area contributed by atoms with Crippen molar-refractivity contribution in [2.24, 2.45) is 5.73 Å². The standard InChI is InChI=1S/C17H19Cl2NO/c1-2-14(20)10-12-6-8-15(9-7-12)21-11-13-4-3-5-16(18)17(13)19/h3-9,14H,2,10-11,20H2,1H3. The molecule has 112 valence electrons. The molecule has 2 rings (SSSR count). The predicted octanol–water partition coefficient (Wildman–Crippen LogP) is 4.85. The SMILES string of the molecule is CCC(N)Cc1ccc(OCc2cccc(Cl)c2Cl)cc1. The molecule has 1 unspecified atom stereocenters. The van der Waals surface area contributed by atoms with Gasteiger partial charge in [0.25, 0.3) is 0 Å². The Morgan fingerprint density at radius 1 is 1.10 bits per heavy atom. The molecular weight excluding hydrogens is 305 g/mol. The molecule has 0 radical (unpaired) electrons. The van der Waals surface area contributed by atoms with Gasteiger partial charge in [0.15, 0.2) is 0 Å². The summed E-state index contributed by atoms with van der Waals surface area (Å²) in [6.07, 6.45) is 1.86. The minimum atomic E-state index is 0.210. The predicted molar refractivity (Wildman–Crippen MR) is 89.2 cm³/mol. The molecule has 0 spiro atoms. The number of hydrogen-bond acceptors (Lipinski definition) is 2. The van der Waals surface area contributed by atoms with Crippen LogP contribution in [0.15, 0.2) is 42.5 Å². The summed E-state index contributed by atoms with van der Waals surface area (Å²) in [5.74, 6) is 0.805. The summed E-state index contributed by atoms with van der Waals surface area (Å²) in [5, 5.41) is 1.09. The first-order valence-electron chi connectivity index (χ1n) is 7.00. The molecule has 2 nitrogen and oxygen atoms in total. The lowest BCUT2D eigenvalue weighted by Crippen LogP contribution is -2.21. The van der Waals surface area contributed by atoms with Crippen molar-refractivity contribution < 1.29 is 4.74 Å². The largest absolute Gasteiger partial charge is 0.489 e. The number of halogens is 2. The van der Waals surface area contributed by atoms with Crippen LogP contribution in [0.3, 0.4) is 0 Å². The third-order valence-electron chi connectivity index (χ3n) is 3.37. The van der Waals surface area contributed by atoms with Gasteiger partial charge in [0.1, 0.15) is 12.4 Å². The van der Waals surface area contributed by atoms with Crippen LogP contribution in [0.25, 0.3) is 0 Å². The Morgan fingerprint density at radius 3 is 2.48 bits per heavy atom. The van der Waals surface area contributed by atoms with E-state index in [0.717, 1.165) is 24.2 Å². The molecule has 0 heterocycles. The first-order valence-corrected chi connectivity index (χ1v) is 7.76. The number of hydrogen-bond donors (Lipinski definition) is 1. The van der Waals surface area contributed by atoms with Crippen molar-refractivity contribution in [2.45, 2.75) is 32.4 Å². The first kappa shape index (κ1) is 16.2. The first-order chi connectivity index (χ1) is 10.1. The van der Waals surface area contributed by atoms with Crippen LogP contribution in [-0.4, -0.2) is 6.04 Å². The van der Waals surface area contributed by atoms with E-state index >= 15 is 0 Å². The molecule has 0 aliphatic heterocycles. The molecule has 2 aromatic carbocycles. The summed E-state index contributed by atoms with van der Waals surface area (Å²) in [4.78, 5) is 0. The summed E-state index contributed by atoms with van der Waals surface area (Å²) in [5.41, 5.74) is 8.05. The van der Waals surface area contributed by atoms with Crippen LogP contribution in [0.2, 0.25) is 10.0 Å². The number of benzene rings is 2. The molecule has 0 saturated carbocycles. The van der Waals surface area contributed by atoms with E-state index in [-0.39, 0.29) is 6.04 Å². The smallest absolute Gasteiger partial charge is 0.119 e. The van der Waals surface area contributed by atoms with Gasteiger partial charge in [-0.15, -0.1) is 0 Å². The van der Waals surface area contributed by atoms with Gasteiger partial charge in [0.05, 0.1) is 10.0 Å². The van der Waals surface area contributed by atoms with E-state index in [9.17, 15) is 0 Å². The highest BCUT2D eigenvalue weighted by Gasteiger charge is 2.06. The Bertz CT molecular complexity index is 584. The average molecular weight is 324 g/mol. The van der Waals surface area contributed by atoms with Crippen molar-refractivity contribution in [3.63, 3.8) is 0 Å². The number of nitrogens with two attached hydrogens (primary N) is 1. The molecule has 0 fully saturated rings. The van der Waals surface area contributed by atoms with E-state index in [1.165, 1.54) is 5.56 Å². The number of ether oxygens (including phenoxy) is 1. The fourth-order valence-electron chi connectivity index (χ4n) is 1.99. The molecule has 0 bridgehead atoms. The zero-order valence-electron chi connectivity index (χ0n) is 12.0. The van der Waals surface area contributed by atoms with Crippen molar-refractivity contribution in [3.8, 4) is 5.75 Å². The van der Waals surface area contributed by atoms with E-state index in [4.69, 9.17) is 33.7 Å². The second-order valence-corrected chi connectivity index (χ2v) is 5.80. The molecule has 0 aliphatic carbocycles. The molecule has 1 atom stereocenters. The molecule has 21 heavy (non-hydrogen) atoms. The molecule has 0 amide bonds. The third-order valence-corrected chi connectivity index (χ3v) is 4.23. The molecule has 2 N–H and O–H groups in total. The zero-order chi connectivity index (χ0) is 15.2. The van der Waals surface area contributed by atoms with E-state index in [2.05, 4.69) is 6.92 Å². The van der Waals surface area contributed by atoms with Gasteiger partial charge < -0.3 is 10.5 Å². The highest BCUT2D eigenvalue weighted by molar-refractivity contribution is 6.42. The fourth-order valence-corrected chi connectivity index (χ4v) is 2.36. The van der Waals surface area contributed by atoms with Gasteiger partial charge in [-0.25, -0.2) is 0 Å². The maximum atomic E-state index is 6.13. The van der Waals surface area contributed by atoms with Crippen molar-refractivity contribution in [3.05, 3.63) is 63.6 Å². The van der Waals surface area contributed by atoms with Crippen LogP contribution in [0.5, 0.6) is 5.75 Å². The van der Waals surface area contributed by atoms with Gasteiger partial charge in [-0.2, -0.15) is 0 Å². The van der Waals surface area contributed by atoms with Crippen LogP contribution in [0, 0.1) is 0 Å². The van der Waals surface area contributed by atoms with Gasteiger partial charge in [-0.3, -0.25) is 0 Å². The summed E-state index contributed by atoms with van der Waals surface area (Å²) in [7, 11) is 0. The van der Waals surface area contributed by atoms with E-state index in [1.54, 1.807) is 6.07 Å². The molecular formula is C17H19Cl2NO. The second-order valence-electron chi connectivity index (χ2n) is 5.02. The van der Waals surface area contributed by atoms with Crippen molar-refractivity contribution in [1.82, 2.24) is 0 Å². The lowest BCUT2D eigenvalue weighted by Gasteiger charge is -2.11. The fraction of sp³-hybridized carbons (Fsp3) is 0.294. The Morgan fingerprint density at radius 2 is 1.81 bits per heavy atom. The van der Waals surface area contributed by atoms with E-state index in [1.807, 2.05) is 36.4 Å². The summed E-state index contributed by atoms with van der Waals surface area (Å²) < 4.78 is 5.74. The molecule has 0 aromatic heterocycles. The van der Waals surface area contributed by atoms with Gasteiger partial charge in [-0.05, 0) is 36.6 Å². The van der Waals surface area contributed by atoms with Gasteiger partial charge in [0, 0.05) is 11.6 Å². The molecule has 0 saturated heterocycles. The van der Waals surface area contributed by atoms with E-state index in [0.29, 0.717) is 16.7 Å². The Labute approximate surface area is 135 Å². The van der Waals surface area contributed by atoms with Crippen LogP contribution in [0.4, 0.5) is 0 Å². The molecule has 4 heteroatoms. The van der Waals surface area contributed by atoms with Crippen LogP contribution < -0.4 is 10.5 Å². The summed E-state index contributed by atoms with van der Waals surface area (Å²) in [6.45, 7) is 2.49. The van der Waals surface area contributed by atoms with Crippen molar-refractivity contribution in [2.75, 3.05) is 0 Å². The average Bonchev–Trinajstić information content (AvgIpc) is 2.50. The van der Waals surface area contributed by atoms with Crippen LogP contribution >= 0.6 is 23.2 Å². The summed E-state index contributed by atoms with van der Waals surface area (Å²) in [6, 6.07) is 13.7. The minimum absolute atomic E-state index is 0.210. The van der Waals surface area contributed by atoms with Gasteiger partial charge in [-0.1, -0.05) is 54.4 Å². The monoisotopic (exact) mass is 323 g/mol. The zero-order valence-corrected chi connectivity index (χ0v) is 13.5. The van der Waals surface area contributed by atoms with Crippen LogP contribution in [-0.2, 0) is 13.0 Å². The second kappa shape index (κ2) is 7.69. The summed E-state index contributed by atoms with van der Waals surface area (Å²) >= 11 is 12.1. The Balaban J connectivity index is 1.96. The highest BCUT2D eigenvalue weighted by Crippen LogP contribution is 2.26. The molecule has 0 aliphatic rings. The van der Waals surface area contributed by atoms with Crippen LogP contribution in [0.1, 0.15) is 24.5 Å². The lowest BCUT2D eigenvalue weighted by atomic mass is 10.0. The van der Waals surface area contributed by atoms with E-state index < -0.39 is 0 Å². The number of rotatable bonds is 6. The maximum absolute atomic E-state index is 6.13. The lowest BCUT2D eigenvalue weighted by molar-refractivity contribution is 0.306. The van der Waals surface area contributed by atoms with Crippen molar-refractivity contribution in [1.29, 1.82) is 0 Å².